The molecule has 0 atom stereocenters. The summed E-state index contributed by atoms with van der Waals surface area (Å²) in [6, 6.07) is 7.92. The maximum absolute atomic E-state index is 14.5. The Morgan fingerprint density at radius 2 is 1.69 bits per heavy atom. The van der Waals surface area contributed by atoms with Gasteiger partial charge in [-0.3, -0.25) is 9.59 Å². The van der Waals surface area contributed by atoms with E-state index in [1.807, 2.05) is 7.05 Å². The van der Waals surface area contributed by atoms with E-state index in [1.54, 1.807) is 17.0 Å². The van der Waals surface area contributed by atoms with Crippen LogP contribution in [0.1, 0.15) is 24.3 Å². The first-order valence-electron chi connectivity index (χ1n) is 11.8. The number of benzene rings is 2. The summed E-state index contributed by atoms with van der Waals surface area (Å²) in [4.78, 5) is 32.1. The fourth-order valence-electron chi connectivity index (χ4n) is 5.05. The highest BCUT2D eigenvalue weighted by atomic mass is 19.1. The highest BCUT2D eigenvalue weighted by Gasteiger charge is 2.38. The molecule has 35 heavy (non-hydrogen) atoms. The first kappa shape index (κ1) is 23.4. The summed E-state index contributed by atoms with van der Waals surface area (Å²) in [5, 5.41) is 3.18. The Labute approximate surface area is 201 Å². The Kier molecular flexibility index (Phi) is 6.27. The fraction of sp³-hybridized carbons (Fsp3) is 0.385. The molecule has 0 spiro atoms. The van der Waals surface area contributed by atoms with Gasteiger partial charge in [0, 0.05) is 43.5 Å². The molecule has 2 heterocycles. The van der Waals surface area contributed by atoms with Gasteiger partial charge < -0.3 is 20.1 Å². The van der Waals surface area contributed by atoms with Gasteiger partial charge in [0.2, 0.25) is 11.8 Å². The van der Waals surface area contributed by atoms with Gasteiger partial charge in [0.25, 0.3) is 0 Å². The van der Waals surface area contributed by atoms with Crippen molar-refractivity contribution in [3.05, 3.63) is 59.4 Å². The zero-order valence-corrected chi connectivity index (χ0v) is 19.4. The molecule has 6 nitrogen and oxygen atoms in total. The van der Waals surface area contributed by atoms with Crippen molar-refractivity contribution in [3.8, 4) is 11.3 Å². The molecule has 184 valence electrons. The van der Waals surface area contributed by atoms with E-state index >= 15 is 0 Å². The smallest absolute Gasteiger partial charge is 0.242 e. The molecule has 1 aliphatic heterocycles. The number of aromatic amines is 1. The molecule has 1 aliphatic carbocycles. The zero-order chi connectivity index (χ0) is 24.7. The van der Waals surface area contributed by atoms with Crippen molar-refractivity contribution in [1.29, 1.82) is 0 Å². The van der Waals surface area contributed by atoms with Gasteiger partial charge in [-0.05, 0) is 67.3 Å². The first-order chi connectivity index (χ1) is 16.8. The lowest BCUT2D eigenvalue weighted by Crippen LogP contribution is -2.50. The normalized spacial score (nSPS) is 20.6. The van der Waals surface area contributed by atoms with Crippen LogP contribution in [0.15, 0.2) is 36.4 Å². The molecule has 2 aromatic carbocycles. The van der Waals surface area contributed by atoms with Gasteiger partial charge in [0.05, 0.1) is 17.8 Å². The van der Waals surface area contributed by atoms with Gasteiger partial charge in [0.1, 0.15) is 17.5 Å². The number of halogens is 3. The Balaban J connectivity index is 1.30. The number of aromatic nitrogens is 1. The van der Waals surface area contributed by atoms with Crippen LogP contribution in [-0.4, -0.2) is 66.4 Å². The monoisotopic (exact) mass is 484 g/mol. The van der Waals surface area contributed by atoms with Gasteiger partial charge in [-0.1, -0.05) is 0 Å². The lowest BCUT2D eigenvalue weighted by molar-refractivity contribution is -0.136. The predicted molar refractivity (Wildman–Crippen MR) is 126 cm³/mol. The average Bonchev–Trinajstić information content (AvgIpc) is 3.17. The van der Waals surface area contributed by atoms with E-state index in [4.69, 9.17) is 0 Å². The van der Waals surface area contributed by atoms with E-state index in [2.05, 4.69) is 15.2 Å². The van der Waals surface area contributed by atoms with E-state index in [9.17, 15) is 22.8 Å². The molecule has 1 saturated heterocycles. The summed E-state index contributed by atoms with van der Waals surface area (Å²) in [5.74, 6) is -2.45. The van der Waals surface area contributed by atoms with Crippen molar-refractivity contribution in [2.45, 2.75) is 18.8 Å². The Bertz CT molecular complexity index is 1260. The van der Waals surface area contributed by atoms with Gasteiger partial charge >= 0.3 is 0 Å². The first-order valence-corrected chi connectivity index (χ1v) is 11.8. The fourth-order valence-corrected chi connectivity index (χ4v) is 5.05. The van der Waals surface area contributed by atoms with E-state index < -0.39 is 17.5 Å². The molecule has 2 aliphatic rings. The molecule has 5 rings (SSSR count). The minimum absolute atomic E-state index is 0.0337. The summed E-state index contributed by atoms with van der Waals surface area (Å²) >= 11 is 0. The molecule has 1 aromatic heterocycles. The number of nitrogens with zero attached hydrogens (tertiary/aromatic N) is 2. The van der Waals surface area contributed by atoms with Crippen LogP contribution in [0, 0.1) is 23.4 Å². The third kappa shape index (κ3) is 4.65. The van der Waals surface area contributed by atoms with Gasteiger partial charge in [-0.25, -0.2) is 13.2 Å². The topological polar surface area (TPSA) is 68.4 Å². The maximum atomic E-state index is 14.5. The molecular formula is C26H27F3N4O2. The Morgan fingerprint density at radius 1 is 1.00 bits per heavy atom. The van der Waals surface area contributed by atoms with Crippen LogP contribution in [0.5, 0.6) is 0 Å². The third-order valence-corrected chi connectivity index (χ3v) is 7.18. The number of rotatable bonds is 5. The molecule has 0 radical (unpaired) electrons. The van der Waals surface area contributed by atoms with Gasteiger partial charge in [-0.2, -0.15) is 0 Å². The number of carbonyl (C=O) groups is 2. The molecule has 0 unspecified atom stereocenters. The van der Waals surface area contributed by atoms with Crippen molar-refractivity contribution < 1.29 is 22.8 Å². The van der Waals surface area contributed by atoms with E-state index in [1.165, 1.54) is 18.2 Å². The number of likely N-dealkylation sites (N-methyl/N-ethyl adjacent to an activating group) is 1. The van der Waals surface area contributed by atoms with Crippen LogP contribution in [0.2, 0.25) is 0 Å². The standard InChI is InChI=1S/C26H27F3N4O2/c1-32-6-8-33(9-7-32)22(34)14-30-26(35)17-10-16(11-17)23-20-12-19(28)13-21(29)25(20)31-24(23)15-2-4-18(27)5-3-15/h2-5,12-13,16-17,31H,6-11,14H2,1H3,(H,30,35)/t16-,17-. The summed E-state index contributed by atoms with van der Waals surface area (Å²) in [6.07, 6.45) is 0.988. The molecule has 0 bridgehead atoms. The van der Waals surface area contributed by atoms with Crippen LogP contribution in [0.25, 0.3) is 22.2 Å². The van der Waals surface area contributed by atoms with Crippen LogP contribution in [-0.2, 0) is 9.59 Å². The average molecular weight is 485 g/mol. The lowest BCUT2D eigenvalue weighted by Gasteiger charge is -2.35. The Morgan fingerprint density at radius 3 is 2.37 bits per heavy atom. The molecule has 2 fully saturated rings. The molecular weight excluding hydrogens is 457 g/mol. The number of nitrogens with one attached hydrogen (secondary N) is 2. The molecule has 1 saturated carbocycles. The highest BCUT2D eigenvalue weighted by Crippen LogP contribution is 2.48. The zero-order valence-electron chi connectivity index (χ0n) is 19.4. The van der Waals surface area contributed by atoms with Crippen LogP contribution in [0.4, 0.5) is 13.2 Å². The largest absolute Gasteiger partial charge is 0.352 e. The number of fused-ring (bicyclic) bond motifs is 1. The van der Waals surface area contributed by atoms with Crippen LogP contribution in [0.3, 0.4) is 0 Å². The summed E-state index contributed by atoms with van der Waals surface area (Å²) in [7, 11) is 2.01. The van der Waals surface area contributed by atoms with E-state index in [0.29, 0.717) is 42.6 Å². The van der Waals surface area contributed by atoms with Crippen LogP contribution >= 0.6 is 0 Å². The molecule has 2 N–H and O–H groups in total. The van der Waals surface area contributed by atoms with E-state index in [0.717, 1.165) is 24.7 Å². The van der Waals surface area contributed by atoms with Crippen molar-refractivity contribution in [2.75, 3.05) is 39.8 Å². The lowest BCUT2D eigenvalue weighted by atomic mass is 9.70. The van der Waals surface area contributed by atoms with Crippen molar-refractivity contribution >= 4 is 22.7 Å². The molecule has 2 amide bonds. The third-order valence-electron chi connectivity index (χ3n) is 7.18. The number of piperazine rings is 1. The van der Waals surface area contributed by atoms with Crippen molar-refractivity contribution in [1.82, 2.24) is 20.1 Å². The SMILES string of the molecule is CN1CCN(C(=O)CNC(=O)[C@H]2C[C@H](c3c(-c4ccc(F)cc4)[nH]c4c(F)cc(F)cc43)C2)CC1. The second-order valence-corrected chi connectivity index (χ2v) is 9.50. The highest BCUT2D eigenvalue weighted by molar-refractivity contribution is 5.93. The van der Waals surface area contributed by atoms with Gasteiger partial charge in [-0.15, -0.1) is 0 Å². The number of hydrogen-bond acceptors (Lipinski definition) is 3. The summed E-state index contributed by atoms with van der Waals surface area (Å²) in [6.45, 7) is 2.89. The molecule has 9 heteroatoms. The van der Waals surface area contributed by atoms with E-state index in [-0.39, 0.29) is 35.7 Å². The maximum Gasteiger partial charge on any atom is 0.242 e. The number of hydrogen-bond donors (Lipinski definition) is 2. The summed E-state index contributed by atoms with van der Waals surface area (Å²) in [5.41, 5.74) is 2.16. The van der Waals surface area contributed by atoms with Crippen molar-refractivity contribution in [3.63, 3.8) is 0 Å². The Hall–Kier alpha value is -3.33. The second kappa shape index (κ2) is 9.37. The number of amides is 2. The number of H-pyrrole nitrogens is 1. The van der Waals surface area contributed by atoms with Crippen molar-refractivity contribution in [2.24, 2.45) is 5.92 Å². The number of carbonyl (C=O) groups excluding carboxylic acids is 2. The minimum Gasteiger partial charge on any atom is -0.352 e. The molecule has 3 aromatic rings. The summed E-state index contributed by atoms with van der Waals surface area (Å²) < 4.78 is 42.1. The van der Waals surface area contributed by atoms with Crippen LogP contribution < -0.4 is 5.32 Å². The predicted octanol–water partition coefficient (Wildman–Crippen LogP) is 3.64. The minimum atomic E-state index is -0.703. The second-order valence-electron chi connectivity index (χ2n) is 9.50. The van der Waals surface area contributed by atoms with Gasteiger partial charge in [0.15, 0.2) is 0 Å². The quantitative estimate of drug-likeness (QED) is 0.581.